The van der Waals surface area contributed by atoms with E-state index in [0.29, 0.717) is 16.8 Å². The van der Waals surface area contributed by atoms with Crippen molar-refractivity contribution in [2.45, 2.75) is 23.8 Å². The van der Waals surface area contributed by atoms with Gasteiger partial charge in [-0.1, -0.05) is 18.2 Å². The Morgan fingerprint density at radius 2 is 1.73 bits per heavy atom. The standard InChI is InChI=1S/C19H17N3O3S/c23-19(21-17-5-1-3-13-4-2-12-20-18(13)17)14-6-10-16(11-7-14)26(24,25)22-15-8-9-15/h1-7,10-12,15,22H,8-9H2,(H,21,23). The molecule has 1 aromatic heterocycles. The molecule has 2 N–H and O–H groups in total. The Bertz CT molecular complexity index is 1070. The fourth-order valence-electron chi connectivity index (χ4n) is 2.67. The minimum atomic E-state index is -3.52. The van der Waals surface area contributed by atoms with Gasteiger partial charge in [-0.3, -0.25) is 9.78 Å². The smallest absolute Gasteiger partial charge is 0.255 e. The molecular weight excluding hydrogens is 350 g/mol. The third kappa shape index (κ3) is 3.44. The molecule has 0 atom stereocenters. The Labute approximate surface area is 151 Å². The summed E-state index contributed by atoms with van der Waals surface area (Å²) >= 11 is 0. The molecule has 0 unspecified atom stereocenters. The van der Waals surface area contributed by atoms with Crippen LogP contribution in [0.2, 0.25) is 0 Å². The molecule has 0 spiro atoms. The number of pyridine rings is 1. The maximum absolute atomic E-state index is 12.5. The monoisotopic (exact) mass is 367 g/mol. The molecule has 0 radical (unpaired) electrons. The number of nitrogens with one attached hydrogen (secondary N) is 2. The Morgan fingerprint density at radius 1 is 1.00 bits per heavy atom. The largest absolute Gasteiger partial charge is 0.320 e. The van der Waals surface area contributed by atoms with Crippen molar-refractivity contribution < 1.29 is 13.2 Å². The summed E-state index contributed by atoms with van der Waals surface area (Å²) in [6, 6.07) is 15.3. The van der Waals surface area contributed by atoms with E-state index in [2.05, 4.69) is 15.0 Å². The highest BCUT2D eigenvalue weighted by atomic mass is 32.2. The van der Waals surface area contributed by atoms with Gasteiger partial charge in [0, 0.05) is 23.2 Å². The molecule has 4 rings (SSSR count). The number of para-hydroxylation sites is 1. The SMILES string of the molecule is O=C(Nc1cccc2cccnc12)c1ccc(S(=O)(=O)NC2CC2)cc1. The van der Waals surface area contributed by atoms with Crippen LogP contribution >= 0.6 is 0 Å². The first kappa shape index (κ1) is 16.7. The van der Waals surface area contributed by atoms with Crippen molar-refractivity contribution in [1.29, 1.82) is 0 Å². The fourth-order valence-corrected chi connectivity index (χ4v) is 3.98. The summed E-state index contributed by atoms with van der Waals surface area (Å²) in [4.78, 5) is 17.0. The molecule has 2 aromatic carbocycles. The Balaban J connectivity index is 1.55. The van der Waals surface area contributed by atoms with Crippen molar-refractivity contribution in [3.63, 3.8) is 0 Å². The molecule has 1 aliphatic carbocycles. The van der Waals surface area contributed by atoms with E-state index < -0.39 is 10.0 Å². The zero-order chi connectivity index (χ0) is 18.1. The molecule has 0 bridgehead atoms. The molecule has 1 amide bonds. The van der Waals surface area contributed by atoms with Gasteiger partial charge in [0.2, 0.25) is 10.0 Å². The van der Waals surface area contributed by atoms with Crippen LogP contribution in [0.25, 0.3) is 10.9 Å². The van der Waals surface area contributed by atoms with Gasteiger partial charge in [-0.15, -0.1) is 0 Å². The van der Waals surface area contributed by atoms with E-state index in [1.165, 1.54) is 24.3 Å². The summed E-state index contributed by atoms with van der Waals surface area (Å²) in [5, 5.41) is 3.76. The summed E-state index contributed by atoms with van der Waals surface area (Å²) in [6.45, 7) is 0. The first-order valence-corrected chi connectivity index (χ1v) is 9.79. The van der Waals surface area contributed by atoms with Crippen LogP contribution in [0, 0.1) is 0 Å². The van der Waals surface area contributed by atoms with E-state index >= 15 is 0 Å². The number of hydrogen-bond donors (Lipinski definition) is 2. The minimum Gasteiger partial charge on any atom is -0.320 e. The molecule has 7 heteroatoms. The first-order valence-electron chi connectivity index (χ1n) is 8.30. The Hall–Kier alpha value is -2.77. The predicted octanol–water partition coefficient (Wildman–Crippen LogP) is 2.93. The topological polar surface area (TPSA) is 88.2 Å². The van der Waals surface area contributed by atoms with Crippen LogP contribution in [0.3, 0.4) is 0 Å². The van der Waals surface area contributed by atoms with Gasteiger partial charge in [-0.2, -0.15) is 0 Å². The normalized spacial score (nSPS) is 14.3. The lowest BCUT2D eigenvalue weighted by molar-refractivity contribution is 0.102. The predicted molar refractivity (Wildman–Crippen MR) is 99.5 cm³/mol. The number of carbonyl (C=O) groups excluding carboxylic acids is 1. The number of aromatic nitrogens is 1. The molecule has 132 valence electrons. The highest BCUT2D eigenvalue weighted by Gasteiger charge is 2.27. The average Bonchev–Trinajstić information content (AvgIpc) is 3.45. The number of sulfonamides is 1. The van der Waals surface area contributed by atoms with Crippen molar-refractivity contribution in [1.82, 2.24) is 9.71 Å². The minimum absolute atomic E-state index is 0.0434. The fraction of sp³-hybridized carbons (Fsp3) is 0.158. The summed E-state index contributed by atoms with van der Waals surface area (Å²) in [5.74, 6) is -0.317. The lowest BCUT2D eigenvalue weighted by atomic mass is 10.1. The lowest BCUT2D eigenvalue weighted by Crippen LogP contribution is -2.25. The number of carbonyl (C=O) groups is 1. The quantitative estimate of drug-likeness (QED) is 0.726. The number of nitrogens with zero attached hydrogens (tertiary/aromatic N) is 1. The Kier molecular flexibility index (Phi) is 4.18. The Morgan fingerprint density at radius 3 is 2.46 bits per heavy atom. The number of hydrogen-bond acceptors (Lipinski definition) is 4. The molecule has 3 aromatic rings. The van der Waals surface area contributed by atoms with Crippen LogP contribution in [0.15, 0.2) is 65.7 Å². The van der Waals surface area contributed by atoms with Crippen LogP contribution in [0.1, 0.15) is 23.2 Å². The van der Waals surface area contributed by atoms with E-state index in [0.717, 1.165) is 18.2 Å². The van der Waals surface area contributed by atoms with E-state index in [1.54, 1.807) is 12.3 Å². The molecule has 1 saturated carbocycles. The second-order valence-electron chi connectivity index (χ2n) is 6.25. The molecule has 0 saturated heterocycles. The molecule has 1 heterocycles. The lowest BCUT2D eigenvalue weighted by Gasteiger charge is -2.09. The summed E-state index contributed by atoms with van der Waals surface area (Å²) < 4.78 is 27.0. The highest BCUT2D eigenvalue weighted by molar-refractivity contribution is 7.89. The van der Waals surface area contributed by atoms with Crippen molar-refractivity contribution in [2.75, 3.05) is 5.32 Å². The van der Waals surface area contributed by atoms with E-state index in [1.807, 2.05) is 24.3 Å². The van der Waals surface area contributed by atoms with E-state index in [9.17, 15) is 13.2 Å². The van der Waals surface area contributed by atoms with Gasteiger partial charge in [-0.25, -0.2) is 13.1 Å². The maximum atomic E-state index is 12.5. The molecular formula is C19H17N3O3S. The van der Waals surface area contributed by atoms with Crippen molar-refractivity contribution >= 4 is 32.5 Å². The molecule has 1 fully saturated rings. The van der Waals surface area contributed by atoms with Gasteiger partial charge in [0.25, 0.3) is 5.91 Å². The number of anilines is 1. The van der Waals surface area contributed by atoms with Crippen LogP contribution in [-0.4, -0.2) is 25.4 Å². The van der Waals surface area contributed by atoms with Crippen LogP contribution in [0.4, 0.5) is 5.69 Å². The molecule has 26 heavy (non-hydrogen) atoms. The van der Waals surface area contributed by atoms with Gasteiger partial charge in [0.05, 0.1) is 16.1 Å². The number of amides is 1. The zero-order valence-electron chi connectivity index (χ0n) is 13.8. The van der Waals surface area contributed by atoms with Gasteiger partial charge in [0.15, 0.2) is 0 Å². The van der Waals surface area contributed by atoms with Gasteiger partial charge in [0.1, 0.15) is 0 Å². The van der Waals surface area contributed by atoms with Crippen molar-refractivity contribution in [2.24, 2.45) is 0 Å². The molecule has 1 aliphatic rings. The van der Waals surface area contributed by atoms with Crippen molar-refractivity contribution in [3.8, 4) is 0 Å². The third-order valence-corrected chi connectivity index (χ3v) is 5.74. The third-order valence-electron chi connectivity index (χ3n) is 4.21. The summed E-state index contributed by atoms with van der Waals surface area (Å²) in [6.07, 6.45) is 3.42. The highest BCUT2D eigenvalue weighted by Crippen LogP contribution is 2.23. The van der Waals surface area contributed by atoms with E-state index in [4.69, 9.17) is 0 Å². The van der Waals surface area contributed by atoms with Crippen molar-refractivity contribution in [3.05, 3.63) is 66.4 Å². The molecule has 6 nitrogen and oxygen atoms in total. The number of fused-ring (bicyclic) bond motifs is 1. The second-order valence-corrected chi connectivity index (χ2v) is 7.97. The van der Waals surface area contributed by atoms with Crippen LogP contribution < -0.4 is 10.0 Å². The first-order chi connectivity index (χ1) is 12.5. The second kappa shape index (κ2) is 6.51. The van der Waals surface area contributed by atoms with Gasteiger partial charge >= 0.3 is 0 Å². The van der Waals surface area contributed by atoms with E-state index in [-0.39, 0.29) is 16.8 Å². The number of benzene rings is 2. The maximum Gasteiger partial charge on any atom is 0.255 e. The van der Waals surface area contributed by atoms with Crippen LogP contribution in [-0.2, 0) is 10.0 Å². The van der Waals surface area contributed by atoms with Gasteiger partial charge in [-0.05, 0) is 49.2 Å². The zero-order valence-corrected chi connectivity index (χ0v) is 14.7. The summed E-state index contributed by atoms with van der Waals surface area (Å²) in [5.41, 5.74) is 1.69. The molecule has 0 aliphatic heterocycles. The van der Waals surface area contributed by atoms with Gasteiger partial charge < -0.3 is 5.32 Å². The average molecular weight is 367 g/mol. The number of rotatable bonds is 5. The summed E-state index contributed by atoms with van der Waals surface area (Å²) in [7, 11) is -3.52. The van der Waals surface area contributed by atoms with Crippen LogP contribution in [0.5, 0.6) is 0 Å².